The molecule has 0 radical (unpaired) electrons. The Balaban J connectivity index is 1.42. The summed E-state index contributed by atoms with van der Waals surface area (Å²) < 4.78 is 31.6. The number of thiazole rings is 1. The Morgan fingerprint density at radius 3 is 2.12 bits per heavy atom. The molecule has 0 saturated carbocycles. The van der Waals surface area contributed by atoms with Crippen LogP contribution in [0.5, 0.6) is 23.0 Å². The van der Waals surface area contributed by atoms with E-state index < -0.39 is 5.97 Å². The third-order valence-corrected chi connectivity index (χ3v) is 5.67. The van der Waals surface area contributed by atoms with E-state index in [0.29, 0.717) is 39.4 Å². The van der Waals surface area contributed by atoms with Crippen LogP contribution in [0.25, 0.3) is 22.0 Å². The van der Waals surface area contributed by atoms with E-state index >= 15 is 0 Å². The van der Waals surface area contributed by atoms with Gasteiger partial charge in [-0.1, -0.05) is 5.16 Å². The molecule has 0 fully saturated rings. The highest BCUT2D eigenvalue weighted by atomic mass is 32.1. The largest absolute Gasteiger partial charge is 0.493 e. The molecule has 0 aliphatic rings. The van der Waals surface area contributed by atoms with Crippen molar-refractivity contribution in [2.45, 2.75) is 6.61 Å². The van der Waals surface area contributed by atoms with Crippen molar-refractivity contribution in [2.24, 2.45) is 0 Å². The van der Waals surface area contributed by atoms with Gasteiger partial charge in [0.15, 0.2) is 35.3 Å². The summed E-state index contributed by atoms with van der Waals surface area (Å²) in [7, 11) is 6.21. The van der Waals surface area contributed by atoms with Crippen molar-refractivity contribution in [3.8, 4) is 45.0 Å². The summed E-state index contributed by atoms with van der Waals surface area (Å²) in [5.41, 5.74) is 1.63. The van der Waals surface area contributed by atoms with E-state index in [1.165, 1.54) is 18.4 Å². The monoisotopic (exact) mass is 483 g/mol. The van der Waals surface area contributed by atoms with Crippen LogP contribution in [0.4, 0.5) is 0 Å². The van der Waals surface area contributed by atoms with Crippen molar-refractivity contribution < 1.29 is 33.0 Å². The fourth-order valence-electron chi connectivity index (χ4n) is 3.08. The first-order chi connectivity index (χ1) is 16.6. The van der Waals surface area contributed by atoms with Crippen LogP contribution < -0.4 is 18.9 Å². The maximum Gasteiger partial charge on any atom is 0.358 e. The van der Waals surface area contributed by atoms with E-state index in [1.54, 1.807) is 57.0 Å². The number of hydrogen-bond donors (Lipinski definition) is 0. The van der Waals surface area contributed by atoms with Crippen molar-refractivity contribution in [1.29, 1.82) is 0 Å². The lowest BCUT2D eigenvalue weighted by Crippen LogP contribution is -2.06. The zero-order chi connectivity index (χ0) is 24.1. The standard InChI is InChI=1S/C23H21N3O7S/c1-28-16-7-5-13(9-18(16)30-3)21-25-20(33-26-21)11-32-23(27)15-12-34-22(24-15)14-6-8-17(29-2)19(10-14)31-4/h5-10,12H,11H2,1-4H3. The van der Waals surface area contributed by atoms with Crippen LogP contribution >= 0.6 is 11.3 Å². The molecule has 0 saturated heterocycles. The van der Waals surface area contributed by atoms with E-state index in [9.17, 15) is 4.79 Å². The molecular formula is C23H21N3O7S. The Morgan fingerprint density at radius 1 is 0.853 bits per heavy atom. The van der Waals surface area contributed by atoms with Gasteiger partial charge in [0.25, 0.3) is 5.89 Å². The lowest BCUT2D eigenvalue weighted by atomic mass is 10.2. The molecule has 0 bridgehead atoms. The third-order valence-electron chi connectivity index (χ3n) is 4.78. The number of rotatable bonds is 9. The molecule has 0 aliphatic carbocycles. The summed E-state index contributed by atoms with van der Waals surface area (Å²) in [6.07, 6.45) is 0. The molecule has 2 heterocycles. The summed E-state index contributed by atoms with van der Waals surface area (Å²) >= 11 is 1.31. The Kier molecular flexibility index (Phi) is 6.93. The van der Waals surface area contributed by atoms with Crippen LogP contribution in [0, 0.1) is 0 Å². The van der Waals surface area contributed by atoms with Gasteiger partial charge in [0, 0.05) is 16.5 Å². The Bertz CT molecular complexity index is 1300. The van der Waals surface area contributed by atoms with Crippen LogP contribution in [0.15, 0.2) is 46.3 Å². The molecule has 2 aromatic heterocycles. The molecular weight excluding hydrogens is 462 g/mol. The van der Waals surface area contributed by atoms with Crippen molar-refractivity contribution in [1.82, 2.24) is 15.1 Å². The molecule has 176 valence electrons. The smallest absolute Gasteiger partial charge is 0.358 e. The number of aromatic nitrogens is 3. The van der Waals surface area contributed by atoms with E-state index in [0.717, 1.165) is 5.56 Å². The van der Waals surface area contributed by atoms with Gasteiger partial charge in [0.1, 0.15) is 5.01 Å². The number of ether oxygens (including phenoxy) is 5. The number of methoxy groups -OCH3 is 4. The summed E-state index contributed by atoms with van der Waals surface area (Å²) in [5, 5.41) is 6.20. The highest BCUT2D eigenvalue weighted by Crippen LogP contribution is 2.34. The predicted octanol–water partition coefficient (Wildman–Crippen LogP) is 4.25. The van der Waals surface area contributed by atoms with Crippen molar-refractivity contribution in [2.75, 3.05) is 28.4 Å². The normalized spacial score (nSPS) is 10.6. The van der Waals surface area contributed by atoms with Crippen LogP contribution in [0.1, 0.15) is 16.4 Å². The van der Waals surface area contributed by atoms with Gasteiger partial charge >= 0.3 is 5.97 Å². The molecule has 4 rings (SSSR count). The zero-order valence-electron chi connectivity index (χ0n) is 18.9. The summed E-state index contributed by atoms with van der Waals surface area (Å²) in [6, 6.07) is 10.6. The minimum Gasteiger partial charge on any atom is -0.493 e. The highest BCUT2D eigenvalue weighted by Gasteiger charge is 2.17. The van der Waals surface area contributed by atoms with Crippen LogP contribution in [0.3, 0.4) is 0 Å². The summed E-state index contributed by atoms with van der Waals surface area (Å²) in [5.74, 6) is 2.17. The molecule has 0 aliphatic heterocycles. The van der Waals surface area contributed by atoms with E-state index in [4.69, 9.17) is 28.2 Å². The number of hydrogen-bond acceptors (Lipinski definition) is 11. The van der Waals surface area contributed by atoms with E-state index in [2.05, 4.69) is 15.1 Å². The summed E-state index contributed by atoms with van der Waals surface area (Å²) in [4.78, 5) is 21.1. The molecule has 11 heteroatoms. The molecule has 34 heavy (non-hydrogen) atoms. The average Bonchev–Trinajstić information content (AvgIpc) is 3.57. The second-order valence-electron chi connectivity index (χ2n) is 6.77. The van der Waals surface area contributed by atoms with Gasteiger partial charge in [-0.25, -0.2) is 9.78 Å². The highest BCUT2D eigenvalue weighted by molar-refractivity contribution is 7.13. The fraction of sp³-hybridized carbons (Fsp3) is 0.217. The molecule has 2 aromatic carbocycles. The third kappa shape index (κ3) is 4.79. The van der Waals surface area contributed by atoms with Crippen LogP contribution in [-0.4, -0.2) is 49.5 Å². The minimum absolute atomic E-state index is 0.147. The number of carbonyl (C=O) groups excluding carboxylic acids is 1. The molecule has 0 atom stereocenters. The molecule has 0 N–H and O–H groups in total. The number of nitrogens with zero attached hydrogens (tertiary/aromatic N) is 3. The van der Waals surface area contributed by atoms with Gasteiger partial charge in [-0.2, -0.15) is 4.98 Å². The fourth-order valence-corrected chi connectivity index (χ4v) is 3.86. The zero-order valence-corrected chi connectivity index (χ0v) is 19.7. The molecule has 0 amide bonds. The van der Waals surface area contributed by atoms with Gasteiger partial charge in [-0.15, -0.1) is 11.3 Å². The Morgan fingerprint density at radius 2 is 1.47 bits per heavy atom. The summed E-state index contributed by atoms with van der Waals surface area (Å²) in [6.45, 7) is -0.192. The number of carbonyl (C=O) groups is 1. The van der Waals surface area contributed by atoms with Gasteiger partial charge in [0.05, 0.1) is 28.4 Å². The molecule has 0 spiro atoms. The van der Waals surface area contributed by atoms with Crippen LogP contribution in [0.2, 0.25) is 0 Å². The Labute approximate surface area is 199 Å². The SMILES string of the molecule is COc1ccc(-c2noc(COC(=O)c3csc(-c4ccc(OC)c(OC)c4)n3)n2)cc1OC. The lowest BCUT2D eigenvalue weighted by Gasteiger charge is -2.08. The van der Waals surface area contributed by atoms with Gasteiger partial charge in [-0.05, 0) is 36.4 Å². The number of esters is 1. The van der Waals surface area contributed by atoms with Gasteiger partial charge in [-0.3, -0.25) is 0 Å². The Hall–Kier alpha value is -4.12. The molecule has 4 aromatic rings. The minimum atomic E-state index is -0.603. The maximum atomic E-state index is 12.5. The van der Waals surface area contributed by atoms with Crippen LogP contribution in [-0.2, 0) is 11.3 Å². The quantitative estimate of drug-likeness (QED) is 0.320. The second-order valence-corrected chi connectivity index (χ2v) is 7.62. The first-order valence-electron chi connectivity index (χ1n) is 9.96. The predicted molar refractivity (Wildman–Crippen MR) is 123 cm³/mol. The van der Waals surface area contributed by atoms with E-state index in [-0.39, 0.29) is 18.2 Å². The molecule has 10 nitrogen and oxygen atoms in total. The van der Waals surface area contributed by atoms with Gasteiger partial charge < -0.3 is 28.2 Å². The van der Waals surface area contributed by atoms with Crippen molar-refractivity contribution in [3.05, 3.63) is 53.4 Å². The van der Waals surface area contributed by atoms with Crippen molar-refractivity contribution in [3.63, 3.8) is 0 Å². The van der Waals surface area contributed by atoms with Gasteiger partial charge in [0.2, 0.25) is 5.82 Å². The molecule has 0 unspecified atom stereocenters. The topological polar surface area (TPSA) is 115 Å². The average molecular weight is 484 g/mol. The number of benzene rings is 2. The maximum absolute atomic E-state index is 12.5. The van der Waals surface area contributed by atoms with E-state index in [1.807, 2.05) is 6.07 Å². The first-order valence-corrected chi connectivity index (χ1v) is 10.8. The second kappa shape index (κ2) is 10.2. The lowest BCUT2D eigenvalue weighted by molar-refractivity contribution is 0.0424. The first kappa shape index (κ1) is 23.1. The van der Waals surface area contributed by atoms with Crippen molar-refractivity contribution >= 4 is 17.3 Å².